The number of carbonyl (C=O) groups excluding carboxylic acids is 3. The van der Waals surface area contributed by atoms with Crippen molar-refractivity contribution in [2.24, 2.45) is 11.8 Å². The van der Waals surface area contributed by atoms with Gasteiger partial charge in [-0.15, -0.1) is 0 Å². The highest BCUT2D eigenvalue weighted by molar-refractivity contribution is 9.10. The molecule has 1 heterocycles. The maximum atomic E-state index is 12.7. The average Bonchev–Trinajstić information content (AvgIpc) is 2.95. The van der Waals surface area contributed by atoms with Crippen molar-refractivity contribution < 1.29 is 19.1 Å². The lowest BCUT2D eigenvalue weighted by molar-refractivity contribution is -0.122. The lowest BCUT2D eigenvalue weighted by Gasteiger charge is -2.15. The predicted octanol–water partition coefficient (Wildman–Crippen LogP) is 4.12. The Bertz CT molecular complexity index is 925. The summed E-state index contributed by atoms with van der Waals surface area (Å²) in [6.45, 7) is 0. The number of hydrogen-bond donors (Lipinski definition) is 0. The fraction of sp³-hybridized carbons (Fsp3) is 0.190. The Kier molecular flexibility index (Phi) is 4.66. The smallest absolute Gasteiger partial charge is 0.343 e. The molecule has 2 aliphatic rings. The van der Waals surface area contributed by atoms with Crippen LogP contribution in [0.15, 0.2) is 65.2 Å². The molecule has 0 unspecified atom stereocenters. The summed E-state index contributed by atoms with van der Waals surface area (Å²) < 4.78 is 6.24. The lowest BCUT2D eigenvalue weighted by Crippen LogP contribution is -2.31. The van der Waals surface area contributed by atoms with Crippen molar-refractivity contribution in [2.45, 2.75) is 12.8 Å². The number of halogens is 1. The largest absolute Gasteiger partial charge is 0.423 e. The zero-order valence-electron chi connectivity index (χ0n) is 14.3. The van der Waals surface area contributed by atoms with E-state index in [-0.39, 0.29) is 29.2 Å². The van der Waals surface area contributed by atoms with Crippen molar-refractivity contribution in [3.8, 4) is 5.75 Å². The van der Waals surface area contributed by atoms with Crippen LogP contribution in [-0.2, 0) is 9.59 Å². The summed E-state index contributed by atoms with van der Waals surface area (Å²) >= 11 is 3.33. The molecule has 4 rings (SSSR count). The molecular weight excluding hydrogens is 410 g/mol. The van der Waals surface area contributed by atoms with E-state index in [4.69, 9.17) is 4.74 Å². The van der Waals surface area contributed by atoms with E-state index >= 15 is 0 Å². The van der Waals surface area contributed by atoms with Gasteiger partial charge in [0.15, 0.2) is 0 Å². The number of ether oxygens (including phenoxy) is 1. The maximum Gasteiger partial charge on any atom is 0.343 e. The van der Waals surface area contributed by atoms with E-state index in [0.29, 0.717) is 24.3 Å². The van der Waals surface area contributed by atoms with Crippen molar-refractivity contribution in [1.82, 2.24) is 0 Å². The van der Waals surface area contributed by atoms with E-state index in [2.05, 4.69) is 15.9 Å². The molecule has 0 N–H and O–H groups in total. The van der Waals surface area contributed by atoms with Gasteiger partial charge in [-0.2, -0.15) is 0 Å². The number of imide groups is 1. The van der Waals surface area contributed by atoms with Crippen LogP contribution in [0.4, 0.5) is 5.69 Å². The van der Waals surface area contributed by atoms with Gasteiger partial charge in [-0.05, 0) is 55.3 Å². The summed E-state index contributed by atoms with van der Waals surface area (Å²) in [5.41, 5.74) is 0.689. The van der Waals surface area contributed by atoms with Crippen LogP contribution in [0.3, 0.4) is 0 Å². The minimum Gasteiger partial charge on any atom is -0.423 e. The molecule has 0 radical (unpaired) electrons. The molecule has 27 heavy (non-hydrogen) atoms. The molecule has 2 aromatic rings. The van der Waals surface area contributed by atoms with Crippen molar-refractivity contribution in [1.29, 1.82) is 0 Å². The highest BCUT2D eigenvalue weighted by Gasteiger charge is 2.47. The minimum atomic E-state index is -0.544. The van der Waals surface area contributed by atoms with E-state index in [1.165, 1.54) is 11.0 Å². The molecular formula is C21H16BrNO4. The number of benzene rings is 2. The number of hydrogen-bond acceptors (Lipinski definition) is 4. The number of fused-ring (bicyclic) bond motifs is 1. The Hall–Kier alpha value is -2.73. The van der Waals surface area contributed by atoms with Crippen LogP contribution in [0.5, 0.6) is 5.75 Å². The Morgan fingerprint density at radius 2 is 1.59 bits per heavy atom. The fourth-order valence-corrected chi connectivity index (χ4v) is 3.76. The van der Waals surface area contributed by atoms with Crippen LogP contribution in [0.1, 0.15) is 23.2 Å². The Morgan fingerprint density at radius 1 is 0.963 bits per heavy atom. The molecule has 0 spiro atoms. The molecule has 1 saturated heterocycles. The molecule has 136 valence electrons. The molecule has 2 amide bonds. The third kappa shape index (κ3) is 3.32. The second-order valence-electron chi connectivity index (χ2n) is 6.56. The lowest BCUT2D eigenvalue weighted by atomic mass is 9.85. The third-order valence-electron chi connectivity index (χ3n) is 4.87. The number of rotatable bonds is 3. The summed E-state index contributed by atoms with van der Waals surface area (Å²) in [5, 5.41) is 0. The van der Waals surface area contributed by atoms with Gasteiger partial charge < -0.3 is 4.74 Å². The van der Waals surface area contributed by atoms with Gasteiger partial charge in [0.05, 0.1) is 23.1 Å². The van der Waals surface area contributed by atoms with Gasteiger partial charge in [-0.1, -0.05) is 34.1 Å². The molecule has 2 atom stereocenters. The number of esters is 1. The maximum absolute atomic E-state index is 12.7. The molecule has 2 aromatic carbocycles. The Morgan fingerprint density at radius 3 is 2.22 bits per heavy atom. The van der Waals surface area contributed by atoms with E-state index in [1.807, 2.05) is 12.2 Å². The van der Waals surface area contributed by atoms with Gasteiger partial charge in [-0.3, -0.25) is 14.5 Å². The number of nitrogens with zero attached hydrogens (tertiary/aromatic N) is 1. The highest BCUT2D eigenvalue weighted by Crippen LogP contribution is 2.37. The van der Waals surface area contributed by atoms with E-state index in [0.717, 1.165) is 4.47 Å². The zero-order valence-corrected chi connectivity index (χ0v) is 15.9. The van der Waals surface area contributed by atoms with Crippen LogP contribution in [0, 0.1) is 11.8 Å². The van der Waals surface area contributed by atoms with Crippen LogP contribution < -0.4 is 9.64 Å². The molecule has 0 bridgehead atoms. The van der Waals surface area contributed by atoms with E-state index in [9.17, 15) is 14.4 Å². The monoisotopic (exact) mass is 425 g/mol. The Labute approximate surface area is 164 Å². The van der Waals surface area contributed by atoms with E-state index in [1.54, 1.807) is 42.5 Å². The van der Waals surface area contributed by atoms with Crippen LogP contribution in [0.2, 0.25) is 0 Å². The summed E-state index contributed by atoms with van der Waals surface area (Å²) in [6.07, 6.45) is 5.05. The molecule has 0 aromatic heterocycles. The first-order chi connectivity index (χ1) is 13.0. The van der Waals surface area contributed by atoms with Crippen molar-refractivity contribution >= 4 is 39.4 Å². The SMILES string of the molecule is O=C(Oc1ccc(Br)cc1)c1cccc(N2C(=O)[C@H]3CC=CC[C@@H]3C2=O)c1. The van der Waals surface area contributed by atoms with Crippen LogP contribution in [0.25, 0.3) is 0 Å². The Balaban J connectivity index is 1.57. The summed E-state index contributed by atoms with van der Waals surface area (Å²) in [7, 11) is 0. The van der Waals surface area contributed by atoms with Crippen molar-refractivity contribution in [2.75, 3.05) is 4.90 Å². The van der Waals surface area contributed by atoms with Crippen LogP contribution >= 0.6 is 15.9 Å². The van der Waals surface area contributed by atoms with Gasteiger partial charge in [0, 0.05) is 4.47 Å². The van der Waals surface area contributed by atoms with Gasteiger partial charge in [0.25, 0.3) is 0 Å². The average molecular weight is 426 g/mol. The van der Waals surface area contributed by atoms with Gasteiger partial charge in [-0.25, -0.2) is 4.79 Å². The zero-order chi connectivity index (χ0) is 19.0. The first kappa shape index (κ1) is 17.7. The topological polar surface area (TPSA) is 63.7 Å². The molecule has 1 fully saturated rings. The third-order valence-corrected chi connectivity index (χ3v) is 5.40. The predicted molar refractivity (Wildman–Crippen MR) is 103 cm³/mol. The quantitative estimate of drug-likeness (QED) is 0.321. The summed E-state index contributed by atoms with van der Waals surface area (Å²) in [6, 6.07) is 13.3. The first-order valence-corrected chi connectivity index (χ1v) is 9.44. The fourth-order valence-electron chi connectivity index (χ4n) is 3.50. The molecule has 5 nitrogen and oxygen atoms in total. The van der Waals surface area contributed by atoms with Crippen molar-refractivity contribution in [3.05, 3.63) is 70.7 Å². The first-order valence-electron chi connectivity index (χ1n) is 8.65. The number of allylic oxidation sites excluding steroid dienone is 2. The van der Waals surface area contributed by atoms with Gasteiger partial charge in [0.1, 0.15) is 5.75 Å². The number of anilines is 1. The molecule has 6 heteroatoms. The standard InChI is InChI=1S/C21H16BrNO4/c22-14-8-10-16(11-9-14)27-21(26)13-4-3-5-15(12-13)23-19(24)17-6-1-2-7-18(17)20(23)25/h1-5,8-12,17-18H,6-7H2/t17-,18-/m0/s1. The summed E-state index contributed by atoms with van der Waals surface area (Å²) in [4.78, 5) is 39.1. The second-order valence-corrected chi connectivity index (χ2v) is 7.48. The minimum absolute atomic E-state index is 0.201. The number of amides is 2. The second kappa shape index (κ2) is 7.12. The van der Waals surface area contributed by atoms with Crippen molar-refractivity contribution in [3.63, 3.8) is 0 Å². The van der Waals surface area contributed by atoms with Crippen LogP contribution in [-0.4, -0.2) is 17.8 Å². The summed E-state index contributed by atoms with van der Waals surface area (Å²) in [5.74, 6) is -1.14. The normalized spacial score (nSPS) is 21.3. The molecule has 1 aliphatic heterocycles. The van der Waals surface area contributed by atoms with E-state index < -0.39 is 5.97 Å². The van der Waals surface area contributed by atoms with Gasteiger partial charge in [0.2, 0.25) is 11.8 Å². The highest BCUT2D eigenvalue weighted by atomic mass is 79.9. The van der Waals surface area contributed by atoms with Gasteiger partial charge >= 0.3 is 5.97 Å². The number of carbonyl (C=O) groups is 3. The molecule has 1 aliphatic carbocycles. The molecule has 0 saturated carbocycles.